The topological polar surface area (TPSA) is 85.7 Å². The van der Waals surface area contributed by atoms with Crippen LogP contribution in [-0.4, -0.2) is 10.3 Å². The number of rotatable bonds is 3. The van der Waals surface area contributed by atoms with Crippen LogP contribution in [0.5, 0.6) is 11.5 Å². The Morgan fingerprint density at radius 3 is 2.88 bits per heavy atom. The third-order valence-electron chi connectivity index (χ3n) is 1.98. The van der Waals surface area contributed by atoms with Crippen LogP contribution in [0, 0.1) is 0 Å². The van der Waals surface area contributed by atoms with E-state index in [2.05, 4.69) is 30.0 Å². The first-order valence-electron chi connectivity index (χ1n) is 4.68. The van der Waals surface area contributed by atoms with Crippen LogP contribution in [0.3, 0.4) is 0 Å². The summed E-state index contributed by atoms with van der Waals surface area (Å²) in [5, 5.41) is 12.7. The Balaban J connectivity index is 2.15. The zero-order chi connectivity index (χ0) is 12.4. The minimum Gasteiger partial charge on any atom is -0.507 e. The minimum absolute atomic E-state index is 0.0548. The zero-order valence-electron chi connectivity index (χ0n) is 8.71. The molecule has 1 aromatic carbocycles. The molecule has 0 aliphatic carbocycles. The molecule has 0 saturated heterocycles. The van der Waals surface area contributed by atoms with Crippen LogP contribution in [0.25, 0.3) is 0 Å². The lowest BCUT2D eigenvalue weighted by molar-refractivity contribution is 0.185. The van der Waals surface area contributed by atoms with E-state index in [1.54, 1.807) is 19.1 Å². The third-order valence-corrected chi connectivity index (χ3v) is 2.61. The number of ether oxygens (including phenoxy) is 1. The van der Waals surface area contributed by atoms with Crippen molar-refractivity contribution in [2.45, 2.75) is 13.0 Å². The van der Waals surface area contributed by atoms with Crippen LogP contribution in [0.15, 0.2) is 36.4 Å². The molecule has 0 bridgehead atoms. The van der Waals surface area contributed by atoms with Crippen LogP contribution in [-0.2, 0) is 0 Å². The molecule has 0 radical (unpaired) electrons. The first-order chi connectivity index (χ1) is 8.06. The molecule has 1 heterocycles. The molecule has 6 nitrogen and oxygen atoms in total. The second kappa shape index (κ2) is 4.62. The quantitative estimate of drug-likeness (QED) is 0.935. The van der Waals surface area contributed by atoms with E-state index in [-0.39, 0.29) is 11.6 Å². The largest absolute Gasteiger partial charge is 0.542 e. The van der Waals surface area contributed by atoms with Gasteiger partial charge in [-0.25, -0.2) is 4.79 Å². The first kappa shape index (κ1) is 11.7. The molecule has 1 unspecified atom stereocenters. The number of aromatic nitrogens is 1. The van der Waals surface area contributed by atoms with Crippen molar-refractivity contribution in [2.24, 2.45) is 0 Å². The van der Waals surface area contributed by atoms with E-state index >= 15 is 0 Å². The van der Waals surface area contributed by atoms with Gasteiger partial charge in [-0.2, -0.15) is 0 Å². The summed E-state index contributed by atoms with van der Waals surface area (Å²) in [4.78, 5) is 10.7. The number of aromatic hydroxyl groups is 1. The number of hydrogen-bond donors (Lipinski definition) is 1. The van der Waals surface area contributed by atoms with E-state index in [9.17, 15) is 9.90 Å². The highest BCUT2D eigenvalue weighted by atomic mass is 79.9. The van der Waals surface area contributed by atoms with Gasteiger partial charge in [-0.1, -0.05) is 0 Å². The molecule has 0 saturated carbocycles. The van der Waals surface area contributed by atoms with Crippen molar-refractivity contribution in [1.82, 2.24) is 5.16 Å². The monoisotopic (exact) mass is 301 g/mol. The molecule has 2 aromatic rings. The molecule has 1 N–H and O–H groups in total. The number of phenolic OH excluding ortho intramolecular Hbond substituents is 1. The maximum absolute atomic E-state index is 10.7. The van der Waals surface area contributed by atoms with Gasteiger partial charge in [0.1, 0.15) is 11.5 Å². The number of phenols is 1. The lowest BCUT2D eigenvalue weighted by atomic mass is 10.3. The highest BCUT2D eigenvalue weighted by Gasteiger charge is 2.15. The Bertz CT molecular complexity index is 576. The van der Waals surface area contributed by atoms with Crippen molar-refractivity contribution in [3.8, 4) is 11.5 Å². The molecular formula is C10H8BrNO5. The molecule has 0 amide bonds. The van der Waals surface area contributed by atoms with Crippen molar-refractivity contribution in [1.29, 1.82) is 0 Å². The van der Waals surface area contributed by atoms with E-state index < -0.39 is 11.9 Å². The lowest BCUT2D eigenvalue weighted by Crippen LogP contribution is -2.03. The Hall–Kier alpha value is -1.76. The van der Waals surface area contributed by atoms with Crippen LogP contribution in [0.4, 0.5) is 0 Å². The summed E-state index contributed by atoms with van der Waals surface area (Å²) >= 11 is 3.16. The van der Waals surface area contributed by atoms with Crippen molar-refractivity contribution >= 4 is 15.9 Å². The third kappa shape index (κ3) is 2.68. The number of nitrogens with zero attached hydrogens (tertiary/aromatic N) is 1. The van der Waals surface area contributed by atoms with Crippen molar-refractivity contribution in [2.75, 3.05) is 0 Å². The molecule has 0 aliphatic rings. The first-order valence-corrected chi connectivity index (χ1v) is 5.47. The van der Waals surface area contributed by atoms with Crippen molar-refractivity contribution in [3.05, 3.63) is 39.2 Å². The van der Waals surface area contributed by atoms with E-state index in [1.165, 1.54) is 6.07 Å². The van der Waals surface area contributed by atoms with Gasteiger partial charge in [0.25, 0.3) is 5.89 Å². The fourth-order valence-corrected chi connectivity index (χ4v) is 1.54. The van der Waals surface area contributed by atoms with Gasteiger partial charge in [0.2, 0.25) is 0 Å². The summed E-state index contributed by atoms with van der Waals surface area (Å²) < 4.78 is 14.9. The fourth-order valence-electron chi connectivity index (χ4n) is 1.18. The molecule has 7 heteroatoms. The van der Waals surface area contributed by atoms with Crippen LogP contribution < -0.4 is 10.6 Å². The summed E-state index contributed by atoms with van der Waals surface area (Å²) in [7, 11) is 0. The summed E-state index contributed by atoms with van der Waals surface area (Å²) in [5.74, 6) is -0.215. The van der Waals surface area contributed by atoms with E-state index in [1.807, 2.05) is 0 Å². The second-order valence-electron chi connectivity index (χ2n) is 3.25. The predicted molar refractivity (Wildman–Crippen MR) is 59.9 cm³/mol. The van der Waals surface area contributed by atoms with Gasteiger partial charge < -0.3 is 14.3 Å². The Labute approximate surface area is 104 Å². The van der Waals surface area contributed by atoms with E-state index in [0.29, 0.717) is 10.2 Å². The van der Waals surface area contributed by atoms with Crippen molar-refractivity contribution in [3.63, 3.8) is 0 Å². The molecule has 1 atom stereocenters. The molecule has 17 heavy (non-hydrogen) atoms. The molecule has 0 spiro atoms. The zero-order valence-corrected chi connectivity index (χ0v) is 10.3. The summed E-state index contributed by atoms with van der Waals surface area (Å²) in [6, 6.07) is 4.64. The highest BCUT2D eigenvalue weighted by Crippen LogP contribution is 2.29. The predicted octanol–water partition coefficient (Wildman–Crippen LogP) is 2.24. The minimum atomic E-state index is -0.873. The molecule has 0 fully saturated rings. The molecule has 1 aromatic heterocycles. The van der Waals surface area contributed by atoms with Gasteiger partial charge >= 0.3 is 5.82 Å². The second-order valence-corrected chi connectivity index (χ2v) is 4.10. The average molecular weight is 302 g/mol. The van der Waals surface area contributed by atoms with Gasteiger partial charge in [-0.3, -0.25) is 4.52 Å². The number of halogens is 1. The van der Waals surface area contributed by atoms with Crippen molar-refractivity contribution < 1.29 is 18.8 Å². The Kier molecular flexibility index (Phi) is 3.19. The molecule has 0 aliphatic heterocycles. The van der Waals surface area contributed by atoms with Gasteiger partial charge in [-0.05, 0) is 46.2 Å². The van der Waals surface area contributed by atoms with Gasteiger partial charge in [0.15, 0.2) is 6.10 Å². The van der Waals surface area contributed by atoms with Gasteiger partial charge in [0.05, 0.1) is 4.47 Å². The van der Waals surface area contributed by atoms with Crippen LogP contribution in [0.2, 0.25) is 0 Å². The fraction of sp³-hybridized carbons (Fsp3) is 0.200. The summed E-state index contributed by atoms with van der Waals surface area (Å²) in [5.41, 5.74) is 0. The van der Waals surface area contributed by atoms with E-state index in [0.717, 1.165) is 0 Å². The van der Waals surface area contributed by atoms with Crippen LogP contribution >= 0.6 is 15.9 Å². The summed E-state index contributed by atoms with van der Waals surface area (Å²) in [6.07, 6.45) is -0.571. The van der Waals surface area contributed by atoms with Gasteiger partial charge in [-0.15, -0.1) is 0 Å². The maximum atomic E-state index is 10.7. The standard InChI is InChI=1S/C10H8BrNO5/c1-5(9-12-17-10(14)16-9)15-6-2-3-8(13)7(11)4-6/h2-5,13H,1H3. The Morgan fingerprint density at radius 2 is 2.29 bits per heavy atom. The molecular weight excluding hydrogens is 294 g/mol. The number of hydrogen-bond acceptors (Lipinski definition) is 6. The smallest absolute Gasteiger partial charge is 0.507 e. The number of benzene rings is 1. The van der Waals surface area contributed by atoms with Crippen LogP contribution in [0.1, 0.15) is 18.9 Å². The maximum Gasteiger partial charge on any atom is 0.542 e. The molecule has 2 rings (SSSR count). The molecule has 90 valence electrons. The van der Waals surface area contributed by atoms with E-state index in [4.69, 9.17) is 4.74 Å². The average Bonchev–Trinajstić information content (AvgIpc) is 2.70. The Morgan fingerprint density at radius 1 is 1.53 bits per heavy atom. The highest BCUT2D eigenvalue weighted by molar-refractivity contribution is 9.10. The summed E-state index contributed by atoms with van der Waals surface area (Å²) in [6.45, 7) is 1.65. The van der Waals surface area contributed by atoms with Gasteiger partial charge in [0, 0.05) is 0 Å². The lowest BCUT2D eigenvalue weighted by Gasteiger charge is -2.10. The normalized spacial score (nSPS) is 12.4. The SMILES string of the molecule is CC(Oc1ccc(O)c(Br)c1)c1noc(=O)o1.